The quantitative estimate of drug-likeness (QED) is 0.573. The Labute approximate surface area is 174 Å². The lowest BCUT2D eigenvalue weighted by Gasteiger charge is -2.12. The molecule has 0 saturated heterocycles. The second-order valence-corrected chi connectivity index (χ2v) is 8.37. The van der Waals surface area contributed by atoms with Crippen LogP contribution in [0.4, 0.5) is 10.1 Å². The average molecular weight is 431 g/mol. The van der Waals surface area contributed by atoms with E-state index in [0.717, 1.165) is 3.97 Å². The van der Waals surface area contributed by atoms with Gasteiger partial charge < -0.3 is 15.4 Å². The van der Waals surface area contributed by atoms with Crippen molar-refractivity contribution in [2.24, 2.45) is 0 Å². The van der Waals surface area contributed by atoms with E-state index in [-0.39, 0.29) is 22.8 Å². The van der Waals surface area contributed by atoms with Crippen LogP contribution in [0.15, 0.2) is 65.7 Å². The summed E-state index contributed by atoms with van der Waals surface area (Å²) in [6.45, 7) is 0.260. The van der Waals surface area contributed by atoms with Crippen molar-refractivity contribution in [2.75, 3.05) is 26.1 Å². The van der Waals surface area contributed by atoms with Gasteiger partial charge in [-0.05, 0) is 49.0 Å². The summed E-state index contributed by atoms with van der Waals surface area (Å²) >= 11 is 0. The smallest absolute Gasteiger partial charge is 0.268 e. The highest BCUT2D eigenvalue weighted by molar-refractivity contribution is 7.90. The molecule has 0 unspecified atom stereocenters. The topological polar surface area (TPSA) is 89.4 Å². The van der Waals surface area contributed by atoms with E-state index in [1.165, 1.54) is 43.6 Å². The largest absolute Gasteiger partial charge is 0.375 e. The van der Waals surface area contributed by atoms with Crippen LogP contribution >= 0.6 is 0 Å². The van der Waals surface area contributed by atoms with Gasteiger partial charge in [-0.2, -0.15) is 0 Å². The number of rotatable bonds is 8. The predicted molar refractivity (Wildman–Crippen MR) is 112 cm³/mol. The zero-order valence-corrected chi connectivity index (χ0v) is 17.4. The normalized spacial score (nSPS) is 11.4. The third-order valence-corrected chi connectivity index (χ3v) is 5.99. The highest BCUT2D eigenvalue weighted by Gasteiger charge is 2.23. The number of hydrogen-bond donors (Lipinski definition) is 2. The maximum atomic E-state index is 14.4. The molecule has 0 atom stereocenters. The number of methoxy groups -OCH3 is 1. The van der Waals surface area contributed by atoms with Crippen LogP contribution in [0.25, 0.3) is 11.3 Å². The first-order valence-electron chi connectivity index (χ1n) is 9.12. The van der Waals surface area contributed by atoms with Gasteiger partial charge in [0.05, 0.1) is 10.6 Å². The highest BCUT2D eigenvalue weighted by atomic mass is 32.2. The number of nitrogens with one attached hydrogen (secondary N) is 2. The Hall–Kier alpha value is -3.01. The van der Waals surface area contributed by atoms with Gasteiger partial charge in [0.25, 0.3) is 10.0 Å². The minimum absolute atomic E-state index is 0.0399. The lowest BCUT2D eigenvalue weighted by Crippen LogP contribution is -2.18. The molecule has 2 N–H and O–H groups in total. The van der Waals surface area contributed by atoms with E-state index >= 15 is 0 Å². The zero-order valence-electron chi connectivity index (χ0n) is 16.6. The fourth-order valence-corrected chi connectivity index (χ4v) is 4.48. The third-order valence-electron chi connectivity index (χ3n) is 4.32. The summed E-state index contributed by atoms with van der Waals surface area (Å²) in [6.07, 6.45) is 1.46. The number of hydrogen-bond acceptors (Lipinski definition) is 5. The number of anilines is 1. The van der Waals surface area contributed by atoms with Crippen molar-refractivity contribution in [3.05, 3.63) is 72.2 Å². The molecule has 0 fully saturated rings. The number of benzene rings is 2. The number of amides is 1. The van der Waals surface area contributed by atoms with Gasteiger partial charge in [0.1, 0.15) is 12.4 Å². The molecular formula is C21H22FN3O4S. The number of aromatic nitrogens is 1. The van der Waals surface area contributed by atoms with Gasteiger partial charge in [-0.15, -0.1) is 0 Å². The Morgan fingerprint density at radius 1 is 1.13 bits per heavy atom. The maximum absolute atomic E-state index is 14.4. The fraction of sp³-hybridized carbons (Fsp3) is 0.190. The first-order valence-corrected chi connectivity index (χ1v) is 10.6. The Bertz CT molecular complexity index is 1160. The maximum Gasteiger partial charge on any atom is 0.268 e. The van der Waals surface area contributed by atoms with Crippen LogP contribution in [0, 0.1) is 5.82 Å². The molecule has 9 heteroatoms. The fourth-order valence-electron chi connectivity index (χ4n) is 3.04. The van der Waals surface area contributed by atoms with E-state index in [1.54, 1.807) is 31.3 Å². The van der Waals surface area contributed by atoms with Gasteiger partial charge in [0.15, 0.2) is 0 Å². The molecule has 1 aromatic heterocycles. The van der Waals surface area contributed by atoms with Crippen molar-refractivity contribution >= 4 is 21.6 Å². The molecule has 2 aromatic carbocycles. The third kappa shape index (κ3) is 4.59. The summed E-state index contributed by atoms with van der Waals surface area (Å²) in [5.41, 5.74) is 1.39. The van der Waals surface area contributed by atoms with Crippen molar-refractivity contribution in [1.29, 1.82) is 0 Å². The zero-order chi connectivity index (χ0) is 21.7. The van der Waals surface area contributed by atoms with Crippen LogP contribution in [0.2, 0.25) is 0 Å². The second kappa shape index (κ2) is 9.21. The first-order chi connectivity index (χ1) is 14.4. The summed E-state index contributed by atoms with van der Waals surface area (Å²) in [4.78, 5) is 11.7. The minimum atomic E-state index is -4.06. The lowest BCUT2D eigenvalue weighted by atomic mass is 10.1. The molecule has 7 nitrogen and oxygen atoms in total. The van der Waals surface area contributed by atoms with Crippen molar-refractivity contribution in [3.63, 3.8) is 0 Å². The van der Waals surface area contributed by atoms with E-state index in [0.29, 0.717) is 17.8 Å². The molecule has 3 rings (SSSR count). The Kier molecular flexibility index (Phi) is 6.66. The number of carbonyl (C=O) groups excluding carboxylic acids is 1. The van der Waals surface area contributed by atoms with Crippen LogP contribution in [-0.4, -0.2) is 39.1 Å². The number of ether oxygens (including phenoxy) is 1. The molecule has 0 bridgehead atoms. The van der Waals surface area contributed by atoms with Crippen molar-refractivity contribution < 1.29 is 22.3 Å². The van der Waals surface area contributed by atoms with Crippen molar-refractivity contribution in [1.82, 2.24) is 9.29 Å². The Morgan fingerprint density at radius 2 is 1.90 bits per heavy atom. The molecule has 0 aliphatic carbocycles. The van der Waals surface area contributed by atoms with E-state index in [9.17, 15) is 17.6 Å². The molecule has 1 amide bonds. The summed E-state index contributed by atoms with van der Waals surface area (Å²) in [5, 5.41) is 5.54. The van der Waals surface area contributed by atoms with Crippen LogP contribution in [-0.2, 0) is 26.1 Å². The lowest BCUT2D eigenvalue weighted by molar-refractivity contribution is -0.119. The molecule has 1 heterocycles. The molecule has 0 aliphatic rings. The van der Waals surface area contributed by atoms with Gasteiger partial charge in [-0.1, -0.05) is 18.2 Å². The van der Waals surface area contributed by atoms with Crippen LogP contribution in [0.1, 0.15) is 5.56 Å². The summed E-state index contributed by atoms with van der Waals surface area (Å²) in [6, 6.07) is 13.5. The predicted octanol–water partition coefficient (Wildman–Crippen LogP) is 2.84. The van der Waals surface area contributed by atoms with Crippen LogP contribution < -0.4 is 10.6 Å². The van der Waals surface area contributed by atoms with Gasteiger partial charge in [0.2, 0.25) is 5.91 Å². The minimum Gasteiger partial charge on any atom is -0.375 e. The molecule has 3 aromatic rings. The van der Waals surface area contributed by atoms with Crippen LogP contribution in [0.3, 0.4) is 0 Å². The van der Waals surface area contributed by atoms with E-state index in [4.69, 9.17) is 4.74 Å². The van der Waals surface area contributed by atoms with Gasteiger partial charge >= 0.3 is 0 Å². The molecule has 0 aliphatic heterocycles. The summed E-state index contributed by atoms with van der Waals surface area (Å²) < 4.78 is 47.1. The number of halogens is 1. The van der Waals surface area contributed by atoms with E-state index < -0.39 is 21.7 Å². The molecule has 0 spiro atoms. The van der Waals surface area contributed by atoms with Crippen LogP contribution in [0.5, 0.6) is 0 Å². The highest BCUT2D eigenvalue weighted by Crippen LogP contribution is 2.29. The first kappa shape index (κ1) is 21.7. The summed E-state index contributed by atoms with van der Waals surface area (Å²) in [5.74, 6) is -0.931. The Morgan fingerprint density at radius 3 is 2.60 bits per heavy atom. The molecule has 0 radical (unpaired) electrons. The number of nitrogens with zero attached hydrogens (tertiary/aromatic N) is 1. The monoisotopic (exact) mass is 431 g/mol. The molecular weight excluding hydrogens is 409 g/mol. The van der Waals surface area contributed by atoms with Crippen molar-refractivity contribution in [2.45, 2.75) is 11.4 Å². The number of carbonyl (C=O) groups is 1. The summed E-state index contributed by atoms with van der Waals surface area (Å²) in [7, 11) is -0.938. The van der Waals surface area contributed by atoms with Gasteiger partial charge in [-0.25, -0.2) is 16.8 Å². The van der Waals surface area contributed by atoms with E-state index in [1.807, 2.05) is 0 Å². The Balaban J connectivity index is 2.08. The van der Waals surface area contributed by atoms with Gasteiger partial charge in [0, 0.05) is 31.1 Å². The molecule has 158 valence electrons. The molecule has 30 heavy (non-hydrogen) atoms. The standard InChI is InChI=1S/C21H22FN3O4S/c1-23-12-15-10-20(18-8-3-4-9-19(18)22)25(13-15)30(27,28)17-7-5-6-16(11-17)24-21(26)14-29-2/h3-11,13,23H,12,14H2,1-2H3,(H,24,26). The van der Waals surface area contributed by atoms with Gasteiger partial charge in [-0.3, -0.25) is 4.79 Å². The average Bonchev–Trinajstić information content (AvgIpc) is 3.13. The van der Waals surface area contributed by atoms with Crippen molar-refractivity contribution in [3.8, 4) is 11.3 Å². The second-order valence-electron chi connectivity index (χ2n) is 6.55. The molecule has 0 saturated carbocycles. The van der Waals surface area contributed by atoms with E-state index in [2.05, 4.69) is 10.6 Å². The SMILES string of the molecule is CNCc1cc(-c2ccccc2F)n(S(=O)(=O)c2cccc(NC(=O)COC)c2)c1.